The second-order valence-corrected chi connectivity index (χ2v) is 12.3. The summed E-state index contributed by atoms with van der Waals surface area (Å²) < 4.78 is 16.8. The van der Waals surface area contributed by atoms with Gasteiger partial charge < -0.3 is 0 Å². The van der Waals surface area contributed by atoms with E-state index >= 15 is 0 Å². The summed E-state index contributed by atoms with van der Waals surface area (Å²) in [5.41, 5.74) is 4.09. The summed E-state index contributed by atoms with van der Waals surface area (Å²) in [7, 11) is -2.33. The first-order chi connectivity index (χ1) is 9.82. The summed E-state index contributed by atoms with van der Waals surface area (Å²) in [6, 6.07) is 0. The molecule has 3 rings (SSSR count). The van der Waals surface area contributed by atoms with Crippen LogP contribution in [0.3, 0.4) is 0 Å². The first-order valence-corrected chi connectivity index (χ1v) is 12.6. The molecule has 0 radical (unpaired) electrons. The van der Waals surface area contributed by atoms with E-state index in [9.17, 15) is 4.57 Å². The average molecular weight is 401 g/mol. The summed E-state index contributed by atoms with van der Waals surface area (Å²) in [5, 5.41) is 1.05. The van der Waals surface area contributed by atoms with Gasteiger partial charge in [-0.15, -0.1) is 0 Å². The van der Waals surface area contributed by atoms with Crippen LogP contribution in [0, 0.1) is 0 Å². The standard InChI is InChI=1S/C17H23IOP/c19-20(15-7-3-1-4-8-15,16-9-5-2-6-10-16)17-11-13-18-14-12-17/h3-5,7,9,16-17H,1-2,6,10-14H2/q-1. The van der Waals surface area contributed by atoms with E-state index in [0.29, 0.717) is 26.9 Å². The first-order valence-electron chi connectivity index (χ1n) is 7.73. The molecule has 0 aromatic rings. The maximum atomic E-state index is 14.1. The van der Waals surface area contributed by atoms with Gasteiger partial charge in [0.1, 0.15) is 0 Å². The fraction of sp³-hybridized carbons (Fsp3) is 0.588. The Morgan fingerprint density at radius 1 is 1.20 bits per heavy atom. The molecule has 110 valence electrons. The van der Waals surface area contributed by atoms with Gasteiger partial charge in [-0.1, -0.05) is 0 Å². The number of hydrogen-bond acceptors (Lipinski definition) is 1. The molecule has 0 N–H and O–H groups in total. The number of allylic oxidation sites excluding steroid dienone is 5. The van der Waals surface area contributed by atoms with E-state index in [-0.39, 0.29) is 5.66 Å². The van der Waals surface area contributed by atoms with Gasteiger partial charge in [0.05, 0.1) is 0 Å². The van der Waals surface area contributed by atoms with E-state index in [1.165, 1.54) is 28.1 Å². The maximum absolute atomic E-state index is 14.1. The van der Waals surface area contributed by atoms with Crippen molar-refractivity contribution in [1.29, 1.82) is 0 Å². The van der Waals surface area contributed by atoms with Crippen molar-refractivity contribution in [2.75, 3.05) is 8.86 Å². The molecule has 0 bridgehead atoms. The number of alkyl halides is 2. The van der Waals surface area contributed by atoms with Gasteiger partial charge in [0.2, 0.25) is 0 Å². The van der Waals surface area contributed by atoms with E-state index in [1.807, 2.05) is 0 Å². The zero-order valence-corrected chi connectivity index (χ0v) is 15.0. The normalized spacial score (nSPS) is 30.4. The van der Waals surface area contributed by atoms with Gasteiger partial charge in [0.25, 0.3) is 0 Å². The van der Waals surface area contributed by atoms with Crippen molar-refractivity contribution >= 4 is 7.14 Å². The van der Waals surface area contributed by atoms with Crippen LogP contribution in [0.1, 0.15) is 38.5 Å². The molecule has 2 unspecified atom stereocenters. The molecule has 0 amide bonds. The molecule has 3 heteroatoms. The second kappa shape index (κ2) is 6.81. The molecule has 0 saturated carbocycles. The topological polar surface area (TPSA) is 17.1 Å². The van der Waals surface area contributed by atoms with Crippen molar-refractivity contribution < 1.29 is 25.8 Å². The van der Waals surface area contributed by atoms with Gasteiger partial charge in [-0.05, 0) is 0 Å². The van der Waals surface area contributed by atoms with E-state index in [4.69, 9.17) is 0 Å². The van der Waals surface area contributed by atoms with Gasteiger partial charge in [0.15, 0.2) is 0 Å². The predicted octanol–water partition coefficient (Wildman–Crippen LogP) is 1.71. The summed E-state index contributed by atoms with van der Waals surface area (Å²) >= 11 is 0.407. The monoisotopic (exact) mass is 401 g/mol. The SMILES string of the molecule is O=P(C1=C=CCC=C1)(C1C=CCCC1)C1CC[I-]CC1. The molecular weight excluding hydrogens is 378 g/mol. The Bertz CT molecular complexity index is 519. The summed E-state index contributed by atoms with van der Waals surface area (Å²) in [6.45, 7) is 0. The Balaban J connectivity index is 1.99. The van der Waals surface area contributed by atoms with E-state index in [1.54, 1.807) is 0 Å². The average Bonchev–Trinajstić information content (AvgIpc) is 2.56. The van der Waals surface area contributed by atoms with Crippen molar-refractivity contribution in [3.05, 3.63) is 41.4 Å². The molecule has 1 nitrogen and oxygen atoms in total. The van der Waals surface area contributed by atoms with E-state index < -0.39 is 7.14 Å². The van der Waals surface area contributed by atoms with E-state index in [2.05, 4.69) is 36.1 Å². The van der Waals surface area contributed by atoms with Crippen LogP contribution in [0.5, 0.6) is 0 Å². The molecule has 1 heterocycles. The Morgan fingerprint density at radius 3 is 2.70 bits per heavy atom. The molecule has 1 fully saturated rings. The number of halogens is 1. The van der Waals surface area contributed by atoms with Crippen molar-refractivity contribution in [3.8, 4) is 0 Å². The van der Waals surface area contributed by atoms with Crippen LogP contribution >= 0.6 is 7.14 Å². The molecule has 20 heavy (non-hydrogen) atoms. The number of hydrogen-bond donors (Lipinski definition) is 0. The second-order valence-electron chi connectivity index (χ2n) is 5.81. The molecule has 2 atom stereocenters. The summed E-state index contributed by atoms with van der Waals surface area (Å²) in [6.07, 6.45) is 17.7. The Labute approximate surface area is 132 Å². The van der Waals surface area contributed by atoms with Gasteiger partial charge >= 0.3 is 133 Å². The van der Waals surface area contributed by atoms with Gasteiger partial charge in [-0.25, -0.2) is 0 Å². The molecule has 1 aliphatic heterocycles. The molecule has 0 spiro atoms. The van der Waals surface area contributed by atoms with Crippen LogP contribution in [-0.2, 0) is 4.57 Å². The Kier molecular flexibility index (Phi) is 5.07. The fourth-order valence-corrected chi connectivity index (χ4v) is 11.3. The molecule has 0 aromatic carbocycles. The van der Waals surface area contributed by atoms with Gasteiger partial charge in [-0.3, -0.25) is 0 Å². The van der Waals surface area contributed by atoms with Gasteiger partial charge in [-0.2, -0.15) is 0 Å². The van der Waals surface area contributed by atoms with Crippen molar-refractivity contribution in [2.45, 2.75) is 49.8 Å². The zero-order valence-electron chi connectivity index (χ0n) is 11.9. The zero-order chi connectivity index (χ0) is 13.8. The minimum atomic E-state index is -2.33. The molecule has 1 saturated heterocycles. The van der Waals surface area contributed by atoms with Crippen molar-refractivity contribution in [2.24, 2.45) is 0 Å². The van der Waals surface area contributed by atoms with Crippen LogP contribution < -0.4 is 21.2 Å². The quantitative estimate of drug-likeness (QED) is 0.232. The van der Waals surface area contributed by atoms with Gasteiger partial charge in [0, 0.05) is 0 Å². The van der Waals surface area contributed by atoms with Crippen LogP contribution in [0.15, 0.2) is 41.4 Å². The molecule has 2 aliphatic carbocycles. The third kappa shape index (κ3) is 2.93. The minimum absolute atomic E-state index is 0.288. The van der Waals surface area contributed by atoms with Crippen molar-refractivity contribution in [1.82, 2.24) is 0 Å². The van der Waals surface area contributed by atoms with Crippen LogP contribution in [0.2, 0.25) is 0 Å². The molecule has 3 aliphatic rings. The van der Waals surface area contributed by atoms with Crippen molar-refractivity contribution in [3.63, 3.8) is 0 Å². The Hall–Kier alpha value is -0.0400. The molecule has 0 aromatic heterocycles. The van der Waals surface area contributed by atoms with Crippen LogP contribution in [0.25, 0.3) is 0 Å². The fourth-order valence-electron chi connectivity index (χ4n) is 3.47. The number of rotatable bonds is 3. The first kappa shape index (κ1) is 14.9. The van der Waals surface area contributed by atoms with Crippen LogP contribution in [0.4, 0.5) is 0 Å². The summed E-state index contributed by atoms with van der Waals surface area (Å²) in [5.74, 6) is 0. The Morgan fingerprint density at radius 2 is 2.05 bits per heavy atom. The van der Waals surface area contributed by atoms with Crippen LogP contribution in [-0.4, -0.2) is 20.2 Å². The third-order valence-electron chi connectivity index (χ3n) is 4.57. The molecular formula is C17H23IOP-. The predicted molar refractivity (Wildman–Crippen MR) is 82.5 cm³/mol. The third-order valence-corrected chi connectivity index (χ3v) is 11.4. The summed E-state index contributed by atoms with van der Waals surface area (Å²) in [4.78, 5) is 0. The van der Waals surface area contributed by atoms with E-state index in [0.717, 1.165) is 24.6 Å².